The maximum atomic E-state index is 12.3. The van der Waals surface area contributed by atoms with Crippen LogP contribution in [-0.4, -0.2) is 44.1 Å². The molecule has 0 aromatic heterocycles. The van der Waals surface area contributed by atoms with Crippen LogP contribution in [0.3, 0.4) is 0 Å². The number of rotatable bonds is 6. The van der Waals surface area contributed by atoms with Crippen molar-refractivity contribution in [2.45, 2.75) is 18.9 Å². The lowest BCUT2D eigenvalue weighted by Crippen LogP contribution is -2.43. The van der Waals surface area contributed by atoms with Gasteiger partial charge in [-0.15, -0.1) is 11.6 Å². The van der Waals surface area contributed by atoms with Gasteiger partial charge in [0.1, 0.15) is 0 Å². The molecule has 0 saturated carbocycles. The first kappa shape index (κ1) is 15.8. The molecule has 0 N–H and O–H groups in total. The predicted molar refractivity (Wildman–Crippen MR) is 80.4 cm³/mol. The van der Waals surface area contributed by atoms with Crippen LogP contribution in [0.25, 0.3) is 0 Å². The van der Waals surface area contributed by atoms with Crippen molar-refractivity contribution in [3.05, 3.63) is 35.9 Å². The molecule has 1 heterocycles. The van der Waals surface area contributed by atoms with Gasteiger partial charge in [0.15, 0.2) is 0 Å². The van der Waals surface area contributed by atoms with Gasteiger partial charge >= 0.3 is 0 Å². The summed E-state index contributed by atoms with van der Waals surface area (Å²) in [5.41, 5.74) is 1.02. The molecule has 1 fully saturated rings. The highest BCUT2D eigenvalue weighted by molar-refractivity contribution is 7.89. The van der Waals surface area contributed by atoms with Crippen molar-refractivity contribution in [2.24, 2.45) is 0 Å². The van der Waals surface area contributed by atoms with Crippen molar-refractivity contribution in [3.63, 3.8) is 0 Å². The summed E-state index contributed by atoms with van der Waals surface area (Å²) in [6.07, 6.45) is 1.17. The van der Waals surface area contributed by atoms with Gasteiger partial charge in [0.25, 0.3) is 0 Å². The van der Waals surface area contributed by atoms with E-state index in [1.54, 1.807) is 4.31 Å². The first-order valence-electron chi connectivity index (χ1n) is 6.84. The standard InChI is InChI=1S/C14H20ClNO3S/c15-8-4-5-11-20(17,18)16-9-10-19-14(12-16)13-6-2-1-3-7-13/h1-3,6-7,14H,4-5,8-12H2. The lowest BCUT2D eigenvalue weighted by Gasteiger charge is -2.32. The molecule has 2 rings (SSSR count). The van der Waals surface area contributed by atoms with Crippen molar-refractivity contribution in [1.82, 2.24) is 4.31 Å². The van der Waals surface area contributed by atoms with E-state index in [1.165, 1.54) is 0 Å². The summed E-state index contributed by atoms with van der Waals surface area (Å²) in [6, 6.07) is 9.74. The third-order valence-corrected chi connectivity index (χ3v) is 5.57. The number of unbranched alkanes of at least 4 members (excludes halogenated alkanes) is 1. The lowest BCUT2D eigenvalue weighted by atomic mass is 10.1. The third kappa shape index (κ3) is 4.19. The number of hydrogen-bond donors (Lipinski definition) is 0. The van der Waals surface area contributed by atoms with E-state index < -0.39 is 10.0 Å². The van der Waals surface area contributed by atoms with Crippen molar-refractivity contribution in [1.29, 1.82) is 0 Å². The van der Waals surface area contributed by atoms with Crippen LogP contribution in [0.15, 0.2) is 30.3 Å². The maximum absolute atomic E-state index is 12.3. The molecule has 6 heteroatoms. The number of sulfonamides is 1. The Kier molecular flexibility index (Phi) is 5.84. The fourth-order valence-electron chi connectivity index (χ4n) is 2.26. The van der Waals surface area contributed by atoms with Gasteiger partial charge in [-0.1, -0.05) is 30.3 Å². The fourth-order valence-corrected chi connectivity index (χ4v) is 3.99. The summed E-state index contributed by atoms with van der Waals surface area (Å²) in [5, 5.41) is 0. The quantitative estimate of drug-likeness (QED) is 0.598. The van der Waals surface area contributed by atoms with Crippen LogP contribution in [0.5, 0.6) is 0 Å². The molecule has 0 spiro atoms. The number of hydrogen-bond acceptors (Lipinski definition) is 3. The highest BCUT2D eigenvalue weighted by atomic mass is 35.5. The van der Waals surface area contributed by atoms with Gasteiger partial charge < -0.3 is 4.74 Å². The van der Waals surface area contributed by atoms with Crippen molar-refractivity contribution in [3.8, 4) is 0 Å². The summed E-state index contributed by atoms with van der Waals surface area (Å²) in [4.78, 5) is 0. The molecule has 0 radical (unpaired) electrons. The van der Waals surface area contributed by atoms with E-state index in [4.69, 9.17) is 16.3 Å². The van der Waals surface area contributed by atoms with E-state index in [0.717, 1.165) is 12.0 Å². The second-order valence-corrected chi connectivity index (χ2v) is 7.31. The van der Waals surface area contributed by atoms with Gasteiger partial charge in [0.05, 0.1) is 18.5 Å². The molecule has 1 aromatic carbocycles. The largest absolute Gasteiger partial charge is 0.371 e. The molecular weight excluding hydrogens is 298 g/mol. The molecule has 1 aromatic rings. The van der Waals surface area contributed by atoms with Gasteiger partial charge in [0, 0.05) is 19.0 Å². The second-order valence-electron chi connectivity index (χ2n) is 4.84. The summed E-state index contributed by atoms with van der Waals surface area (Å²) in [5.74, 6) is 0.673. The number of alkyl halides is 1. The van der Waals surface area contributed by atoms with Gasteiger partial charge in [0.2, 0.25) is 10.0 Å². The zero-order valence-electron chi connectivity index (χ0n) is 11.4. The Hall–Kier alpha value is -0.620. The summed E-state index contributed by atoms with van der Waals surface area (Å²) < 4.78 is 31.8. The predicted octanol–water partition coefficient (Wildman–Crippen LogP) is 2.41. The molecule has 1 unspecified atom stereocenters. The minimum absolute atomic E-state index is 0.168. The Balaban J connectivity index is 1.99. The summed E-state index contributed by atoms with van der Waals surface area (Å²) in [7, 11) is -3.20. The molecular formula is C14H20ClNO3S. The molecule has 1 atom stereocenters. The Morgan fingerprint density at radius 1 is 1.25 bits per heavy atom. The monoisotopic (exact) mass is 317 g/mol. The normalized spacial score (nSPS) is 20.9. The number of nitrogens with zero attached hydrogens (tertiary/aromatic N) is 1. The van der Waals surface area contributed by atoms with Crippen LogP contribution in [0.4, 0.5) is 0 Å². The summed E-state index contributed by atoms with van der Waals surface area (Å²) >= 11 is 5.59. The first-order chi connectivity index (χ1) is 9.63. The number of ether oxygens (including phenoxy) is 1. The van der Waals surface area contributed by atoms with Crippen LogP contribution in [0, 0.1) is 0 Å². The Morgan fingerprint density at radius 2 is 2.00 bits per heavy atom. The van der Waals surface area contributed by atoms with Crippen molar-refractivity contribution >= 4 is 21.6 Å². The lowest BCUT2D eigenvalue weighted by molar-refractivity contribution is -0.00254. The van der Waals surface area contributed by atoms with E-state index in [0.29, 0.717) is 32.0 Å². The average Bonchev–Trinajstić information content (AvgIpc) is 2.48. The fraction of sp³-hybridized carbons (Fsp3) is 0.571. The first-order valence-corrected chi connectivity index (χ1v) is 8.98. The molecule has 1 aliphatic heterocycles. The van der Waals surface area contributed by atoms with E-state index in [9.17, 15) is 8.42 Å². The number of benzene rings is 1. The smallest absolute Gasteiger partial charge is 0.214 e. The molecule has 0 bridgehead atoms. The molecule has 4 nitrogen and oxygen atoms in total. The van der Waals surface area contributed by atoms with E-state index in [1.807, 2.05) is 30.3 Å². The average molecular weight is 318 g/mol. The Morgan fingerprint density at radius 3 is 2.70 bits per heavy atom. The number of morpholine rings is 1. The zero-order chi connectivity index (χ0) is 14.4. The maximum Gasteiger partial charge on any atom is 0.214 e. The van der Waals surface area contributed by atoms with E-state index in [-0.39, 0.29) is 11.9 Å². The minimum Gasteiger partial charge on any atom is -0.371 e. The van der Waals surface area contributed by atoms with Gasteiger partial charge in [-0.25, -0.2) is 8.42 Å². The Bertz CT molecular complexity index is 506. The zero-order valence-corrected chi connectivity index (χ0v) is 12.9. The second kappa shape index (κ2) is 7.41. The summed E-state index contributed by atoms with van der Waals surface area (Å²) in [6.45, 7) is 1.27. The van der Waals surface area contributed by atoms with Crippen LogP contribution in [-0.2, 0) is 14.8 Å². The number of halogens is 1. The minimum atomic E-state index is -3.20. The van der Waals surface area contributed by atoms with Gasteiger partial charge in [-0.2, -0.15) is 4.31 Å². The van der Waals surface area contributed by atoms with E-state index >= 15 is 0 Å². The van der Waals surface area contributed by atoms with Gasteiger partial charge in [-0.05, 0) is 18.4 Å². The van der Waals surface area contributed by atoms with Crippen LogP contribution < -0.4 is 0 Å². The van der Waals surface area contributed by atoms with Crippen molar-refractivity contribution < 1.29 is 13.2 Å². The SMILES string of the molecule is O=S(=O)(CCCCCl)N1CCOC(c2ccccc2)C1. The molecule has 112 valence electrons. The highest BCUT2D eigenvalue weighted by Crippen LogP contribution is 2.24. The van der Waals surface area contributed by atoms with Crippen LogP contribution >= 0.6 is 11.6 Å². The van der Waals surface area contributed by atoms with Crippen LogP contribution in [0.1, 0.15) is 24.5 Å². The molecule has 0 amide bonds. The van der Waals surface area contributed by atoms with Crippen molar-refractivity contribution in [2.75, 3.05) is 31.3 Å². The Labute approximate surface area is 125 Å². The van der Waals surface area contributed by atoms with Gasteiger partial charge in [-0.3, -0.25) is 0 Å². The highest BCUT2D eigenvalue weighted by Gasteiger charge is 2.29. The molecule has 1 aliphatic rings. The third-order valence-electron chi connectivity index (χ3n) is 3.38. The molecule has 0 aliphatic carbocycles. The van der Waals surface area contributed by atoms with Crippen LogP contribution in [0.2, 0.25) is 0 Å². The topological polar surface area (TPSA) is 46.6 Å². The molecule has 20 heavy (non-hydrogen) atoms. The molecule has 1 saturated heterocycles. The van der Waals surface area contributed by atoms with E-state index in [2.05, 4.69) is 0 Å².